The maximum atomic E-state index is 11.0. The lowest BCUT2D eigenvalue weighted by Crippen LogP contribution is -2.44. The molecule has 0 unspecified atom stereocenters. The maximum Gasteiger partial charge on any atom is 0.163 e. The molecule has 0 amide bonds. The minimum atomic E-state index is -0.498. The van der Waals surface area contributed by atoms with Crippen LogP contribution in [0.25, 0.3) is 0 Å². The highest BCUT2D eigenvalue weighted by Gasteiger charge is 2.47. The van der Waals surface area contributed by atoms with Crippen molar-refractivity contribution in [2.75, 3.05) is 26.8 Å². The Kier molecular flexibility index (Phi) is 6.16. The van der Waals surface area contributed by atoms with Crippen LogP contribution in [0.3, 0.4) is 0 Å². The highest BCUT2D eigenvalue weighted by Crippen LogP contribution is 2.45. The van der Waals surface area contributed by atoms with Gasteiger partial charge in [-0.15, -0.1) is 0 Å². The molecule has 1 N–H and O–H groups in total. The van der Waals surface area contributed by atoms with E-state index in [1.54, 1.807) is 13.2 Å². The van der Waals surface area contributed by atoms with Gasteiger partial charge in [-0.05, 0) is 36.8 Å². The Balaban J connectivity index is 1.74. The molecule has 0 aromatic heterocycles. The van der Waals surface area contributed by atoms with Gasteiger partial charge in [0, 0.05) is 36.6 Å². The summed E-state index contributed by atoms with van der Waals surface area (Å²) < 4.78 is 11.1. The van der Waals surface area contributed by atoms with Crippen molar-refractivity contribution in [2.24, 2.45) is 11.8 Å². The van der Waals surface area contributed by atoms with E-state index >= 15 is 0 Å². The minimum absolute atomic E-state index is 0.372. The first-order chi connectivity index (χ1) is 12.5. The number of methoxy groups -OCH3 is 1. The highest BCUT2D eigenvalue weighted by molar-refractivity contribution is 6.31. The van der Waals surface area contributed by atoms with Gasteiger partial charge in [-0.1, -0.05) is 37.6 Å². The van der Waals surface area contributed by atoms with Crippen LogP contribution in [0.5, 0.6) is 11.5 Å². The van der Waals surface area contributed by atoms with Crippen LogP contribution in [-0.2, 0) is 6.54 Å². The predicted molar refractivity (Wildman–Crippen MR) is 105 cm³/mol. The molecule has 1 aliphatic heterocycles. The predicted octanol–water partition coefficient (Wildman–Crippen LogP) is 4.29. The van der Waals surface area contributed by atoms with E-state index in [2.05, 4.69) is 18.4 Å². The molecule has 4 nitrogen and oxygen atoms in total. The molecule has 2 fully saturated rings. The van der Waals surface area contributed by atoms with E-state index < -0.39 is 5.60 Å². The monoisotopic (exact) mass is 379 g/mol. The molecule has 2 aliphatic rings. The van der Waals surface area contributed by atoms with Crippen LogP contribution < -0.4 is 9.47 Å². The summed E-state index contributed by atoms with van der Waals surface area (Å²) in [5.41, 5.74) is 0.537. The van der Waals surface area contributed by atoms with E-state index in [-0.39, 0.29) is 0 Å². The molecule has 1 saturated carbocycles. The van der Waals surface area contributed by atoms with E-state index in [0.717, 1.165) is 44.5 Å². The smallest absolute Gasteiger partial charge is 0.163 e. The van der Waals surface area contributed by atoms with Crippen molar-refractivity contribution >= 4 is 11.6 Å². The second-order valence-electron chi connectivity index (χ2n) is 7.60. The Labute approximate surface area is 161 Å². The van der Waals surface area contributed by atoms with Crippen molar-refractivity contribution in [3.8, 4) is 11.5 Å². The van der Waals surface area contributed by atoms with Gasteiger partial charge in [0.2, 0.25) is 0 Å². The zero-order chi connectivity index (χ0) is 18.7. The molecule has 3 atom stereocenters. The highest BCUT2D eigenvalue weighted by atomic mass is 35.5. The Morgan fingerprint density at radius 1 is 1.38 bits per heavy atom. The van der Waals surface area contributed by atoms with Crippen molar-refractivity contribution in [3.63, 3.8) is 0 Å². The number of aliphatic hydroxyl groups is 1. The molecule has 0 spiro atoms. The number of benzene rings is 1. The molecule has 3 rings (SSSR count). The topological polar surface area (TPSA) is 41.9 Å². The minimum Gasteiger partial charge on any atom is -0.493 e. The molecule has 1 aromatic rings. The molecular weight excluding hydrogens is 350 g/mol. The van der Waals surface area contributed by atoms with Gasteiger partial charge in [0.1, 0.15) is 6.61 Å². The van der Waals surface area contributed by atoms with Crippen LogP contribution in [0.2, 0.25) is 5.02 Å². The Morgan fingerprint density at radius 3 is 2.88 bits per heavy atom. The van der Waals surface area contributed by atoms with E-state index in [0.29, 0.717) is 35.0 Å². The second kappa shape index (κ2) is 8.20. The number of hydrogen-bond donors (Lipinski definition) is 1. The molecule has 0 bridgehead atoms. The van der Waals surface area contributed by atoms with Crippen LogP contribution in [0.15, 0.2) is 24.8 Å². The van der Waals surface area contributed by atoms with Crippen molar-refractivity contribution in [1.29, 1.82) is 0 Å². The second-order valence-corrected chi connectivity index (χ2v) is 8.01. The summed E-state index contributed by atoms with van der Waals surface area (Å²) in [6.07, 6.45) is 5.81. The number of fused-ring (bicyclic) bond motifs is 1. The average molecular weight is 380 g/mol. The summed E-state index contributed by atoms with van der Waals surface area (Å²) in [7, 11) is 1.64. The van der Waals surface area contributed by atoms with Gasteiger partial charge in [0.15, 0.2) is 11.5 Å². The van der Waals surface area contributed by atoms with Crippen LogP contribution in [0.1, 0.15) is 38.2 Å². The van der Waals surface area contributed by atoms with E-state index in [1.807, 2.05) is 12.1 Å². The first-order valence-corrected chi connectivity index (χ1v) is 9.93. The lowest BCUT2D eigenvalue weighted by molar-refractivity contribution is -0.0613. The lowest BCUT2D eigenvalue weighted by Gasteiger charge is -2.40. The van der Waals surface area contributed by atoms with Gasteiger partial charge in [0.25, 0.3) is 0 Å². The van der Waals surface area contributed by atoms with Gasteiger partial charge >= 0.3 is 0 Å². The number of halogens is 1. The normalized spacial score (nSPS) is 28.6. The summed E-state index contributed by atoms with van der Waals surface area (Å²) in [5.74, 6) is 2.28. The quantitative estimate of drug-likeness (QED) is 0.718. The zero-order valence-electron chi connectivity index (χ0n) is 15.8. The summed E-state index contributed by atoms with van der Waals surface area (Å²) in [4.78, 5) is 2.42. The van der Waals surface area contributed by atoms with Crippen LogP contribution in [0.4, 0.5) is 0 Å². The van der Waals surface area contributed by atoms with Gasteiger partial charge in [-0.25, -0.2) is 0 Å². The van der Waals surface area contributed by atoms with Gasteiger partial charge in [-0.3, -0.25) is 4.90 Å². The molecule has 26 heavy (non-hydrogen) atoms. The van der Waals surface area contributed by atoms with Crippen molar-refractivity contribution < 1.29 is 14.6 Å². The number of nitrogens with zero attached hydrogens (tertiary/aromatic N) is 1. The average Bonchev–Trinajstić information content (AvgIpc) is 3.06. The molecule has 1 aromatic carbocycles. The van der Waals surface area contributed by atoms with E-state index in [1.165, 1.54) is 6.42 Å². The molecule has 1 heterocycles. The van der Waals surface area contributed by atoms with Gasteiger partial charge < -0.3 is 14.6 Å². The molecule has 144 valence electrons. The Hall–Kier alpha value is -1.23. The summed E-state index contributed by atoms with van der Waals surface area (Å²) >= 11 is 6.51. The Bertz CT molecular complexity index is 650. The molecule has 0 radical (unpaired) electrons. The Morgan fingerprint density at radius 2 is 2.19 bits per heavy atom. The first kappa shape index (κ1) is 19.5. The maximum absolute atomic E-state index is 11.0. The fourth-order valence-corrected chi connectivity index (χ4v) is 4.86. The molecular formula is C21H30ClNO3. The largest absolute Gasteiger partial charge is 0.493 e. The van der Waals surface area contributed by atoms with Crippen molar-refractivity contribution in [3.05, 3.63) is 35.4 Å². The number of hydrogen-bond acceptors (Lipinski definition) is 4. The number of ether oxygens (including phenoxy) is 2. The number of rotatable bonds is 7. The van der Waals surface area contributed by atoms with E-state index in [4.69, 9.17) is 21.1 Å². The van der Waals surface area contributed by atoms with Crippen LogP contribution >= 0.6 is 11.6 Å². The van der Waals surface area contributed by atoms with Crippen molar-refractivity contribution in [1.82, 2.24) is 4.90 Å². The zero-order valence-corrected chi connectivity index (χ0v) is 16.6. The SMILES string of the molecule is C=CCOc1cc(Cl)c(CN2C[C@H]3CCC[C@](O)(CC)[C@H]3C2)cc1OC. The van der Waals surface area contributed by atoms with Gasteiger partial charge in [0.05, 0.1) is 12.7 Å². The summed E-state index contributed by atoms with van der Waals surface area (Å²) in [6, 6.07) is 3.79. The third-order valence-corrected chi connectivity index (χ3v) is 6.44. The standard InChI is InChI=1S/C21H30ClNO3/c1-4-9-26-20-11-18(22)16(10-19(20)25-3)13-23-12-15-7-6-8-21(24,5-2)17(15)14-23/h4,10-11,15,17,24H,1,5-9,12-14H2,2-3H3/t15-,17+,21-/m1/s1. The van der Waals surface area contributed by atoms with Crippen LogP contribution in [0, 0.1) is 11.8 Å². The molecule has 5 heteroatoms. The fraction of sp³-hybridized carbons (Fsp3) is 0.619. The van der Waals surface area contributed by atoms with Gasteiger partial charge in [-0.2, -0.15) is 0 Å². The first-order valence-electron chi connectivity index (χ1n) is 9.55. The lowest BCUT2D eigenvalue weighted by atomic mass is 9.69. The summed E-state index contributed by atoms with van der Waals surface area (Å²) in [6.45, 7) is 8.92. The molecule has 1 aliphatic carbocycles. The van der Waals surface area contributed by atoms with Crippen molar-refractivity contribution in [2.45, 2.75) is 44.8 Å². The van der Waals surface area contributed by atoms with Crippen LogP contribution in [-0.4, -0.2) is 42.4 Å². The van der Waals surface area contributed by atoms with E-state index in [9.17, 15) is 5.11 Å². The molecule has 1 saturated heterocycles. The number of likely N-dealkylation sites (tertiary alicyclic amines) is 1. The third kappa shape index (κ3) is 3.88. The summed E-state index contributed by atoms with van der Waals surface area (Å²) in [5, 5.41) is 11.7. The fourth-order valence-electron chi connectivity index (χ4n) is 4.65. The third-order valence-electron chi connectivity index (χ3n) is 6.09.